The van der Waals surface area contributed by atoms with Crippen molar-refractivity contribution in [1.82, 2.24) is 15.6 Å². The lowest BCUT2D eigenvalue weighted by Crippen LogP contribution is -2.63. The zero-order valence-corrected chi connectivity index (χ0v) is 14.9. The second-order valence-corrected chi connectivity index (χ2v) is 6.39. The van der Waals surface area contributed by atoms with E-state index in [9.17, 15) is 18.0 Å². The van der Waals surface area contributed by atoms with E-state index >= 15 is 0 Å². The Kier molecular flexibility index (Phi) is 7.53. The number of carbonyl (C=O) groups excluding carboxylic acids is 1. The van der Waals surface area contributed by atoms with E-state index < -0.39 is 36.9 Å². The minimum atomic E-state index is -4.53. The van der Waals surface area contributed by atoms with Crippen LogP contribution >= 0.6 is 0 Å². The molecule has 0 aliphatic carbocycles. The number of carbonyl (C=O) groups is 1. The summed E-state index contributed by atoms with van der Waals surface area (Å²) in [4.78, 5) is 16.5. The Morgan fingerprint density at radius 2 is 2.11 bits per heavy atom. The van der Waals surface area contributed by atoms with Crippen molar-refractivity contribution < 1.29 is 22.7 Å². The topological polar surface area (TPSA) is 151 Å². The molecule has 0 spiro atoms. The largest absolute Gasteiger partial charge is 0.482 e. The van der Waals surface area contributed by atoms with E-state index in [-0.39, 0.29) is 17.4 Å². The van der Waals surface area contributed by atoms with Gasteiger partial charge in [-0.15, -0.1) is 0 Å². The molecule has 154 valence electrons. The third-order valence-corrected chi connectivity index (χ3v) is 4.14. The van der Waals surface area contributed by atoms with Crippen molar-refractivity contribution in [2.24, 2.45) is 23.3 Å². The fourth-order valence-electron chi connectivity index (χ4n) is 2.78. The van der Waals surface area contributed by atoms with E-state index in [0.717, 1.165) is 0 Å². The van der Waals surface area contributed by atoms with Gasteiger partial charge in [0.05, 0.1) is 30.5 Å². The number of nitriles is 1. The van der Waals surface area contributed by atoms with Crippen molar-refractivity contribution >= 4 is 11.6 Å². The summed E-state index contributed by atoms with van der Waals surface area (Å²) in [6.45, 7) is -0.519. The van der Waals surface area contributed by atoms with Gasteiger partial charge in [-0.1, -0.05) is 0 Å². The fourth-order valence-corrected chi connectivity index (χ4v) is 2.78. The Morgan fingerprint density at radius 1 is 1.43 bits per heavy atom. The number of nitrogens with two attached hydrogens (primary N) is 2. The molecule has 0 saturated carbocycles. The highest BCUT2D eigenvalue weighted by atomic mass is 19.4. The lowest BCUT2D eigenvalue weighted by Gasteiger charge is -2.36. The fraction of sp³-hybridized carbons (Fsp3) is 0.562. The third kappa shape index (κ3) is 6.31. The number of rotatable bonds is 7. The van der Waals surface area contributed by atoms with Crippen LogP contribution in [0.25, 0.3) is 0 Å². The molecule has 0 aromatic carbocycles. The molecule has 9 nitrogen and oxygen atoms in total. The summed E-state index contributed by atoms with van der Waals surface area (Å²) in [5.74, 6) is -1.63. The maximum atomic E-state index is 12.7. The average Bonchev–Trinajstić information content (AvgIpc) is 2.62. The molecule has 1 aliphatic rings. The molecule has 1 amide bonds. The predicted octanol–water partition coefficient (Wildman–Crippen LogP) is -0.130. The summed E-state index contributed by atoms with van der Waals surface area (Å²) < 4.78 is 41.9. The monoisotopic (exact) mass is 401 g/mol. The molecule has 1 atom stereocenters. The van der Waals surface area contributed by atoms with Crippen LogP contribution in [0.2, 0.25) is 0 Å². The van der Waals surface area contributed by atoms with Crippen LogP contribution in [0.1, 0.15) is 6.42 Å². The number of anilines is 1. The number of aromatic nitrogens is 1. The highest BCUT2D eigenvalue weighted by molar-refractivity contribution is 5.94. The number of hydrogen-bond donors (Lipinski definition) is 5. The highest BCUT2D eigenvalue weighted by Crippen LogP contribution is 2.26. The van der Waals surface area contributed by atoms with Gasteiger partial charge in [-0.3, -0.25) is 9.78 Å². The summed E-state index contributed by atoms with van der Waals surface area (Å²) in [7, 11) is 0. The molecule has 1 unspecified atom stereocenters. The maximum absolute atomic E-state index is 12.7. The van der Waals surface area contributed by atoms with Crippen LogP contribution < -0.4 is 32.2 Å². The van der Waals surface area contributed by atoms with E-state index in [1.165, 1.54) is 18.5 Å². The van der Waals surface area contributed by atoms with Gasteiger partial charge in [0.2, 0.25) is 5.91 Å². The Balaban J connectivity index is 2.06. The summed E-state index contributed by atoms with van der Waals surface area (Å²) in [5, 5.41) is 17.4. The normalized spacial score (nSPS) is 21.0. The Morgan fingerprint density at radius 3 is 2.68 bits per heavy atom. The van der Waals surface area contributed by atoms with Gasteiger partial charge >= 0.3 is 6.18 Å². The molecule has 1 aromatic rings. The number of ether oxygens (including phenoxy) is 1. The first-order valence-corrected chi connectivity index (χ1v) is 8.50. The SMILES string of the molecule is N#CCC1CNC(C(C(=O)Nc2cnccc2OCC(F)(F)F)C(N)N)NC1. The van der Waals surface area contributed by atoms with Gasteiger partial charge in [0, 0.05) is 31.8 Å². The van der Waals surface area contributed by atoms with E-state index in [1.807, 2.05) is 0 Å². The van der Waals surface area contributed by atoms with Crippen LogP contribution in [0.4, 0.5) is 18.9 Å². The van der Waals surface area contributed by atoms with Crippen molar-refractivity contribution in [2.45, 2.75) is 24.9 Å². The molecule has 2 rings (SSSR count). The average molecular weight is 401 g/mol. The molecule has 1 aliphatic heterocycles. The van der Waals surface area contributed by atoms with E-state index in [2.05, 4.69) is 27.0 Å². The Labute approximate surface area is 159 Å². The van der Waals surface area contributed by atoms with Crippen LogP contribution in [0, 0.1) is 23.2 Å². The number of pyridine rings is 1. The van der Waals surface area contributed by atoms with Gasteiger partial charge in [0.25, 0.3) is 0 Å². The molecule has 28 heavy (non-hydrogen) atoms. The van der Waals surface area contributed by atoms with Crippen molar-refractivity contribution in [3.8, 4) is 11.8 Å². The molecular formula is C16H22F3N7O2. The van der Waals surface area contributed by atoms with Crippen molar-refractivity contribution in [3.05, 3.63) is 18.5 Å². The van der Waals surface area contributed by atoms with Crippen molar-refractivity contribution in [2.75, 3.05) is 25.0 Å². The summed E-state index contributed by atoms with van der Waals surface area (Å²) in [6.07, 6.45) is -3.36. The molecule has 12 heteroatoms. The smallest absolute Gasteiger partial charge is 0.422 e. The summed E-state index contributed by atoms with van der Waals surface area (Å²) >= 11 is 0. The van der Waals surface area contributed by atoms with Crippen LogP contribution in [-0.4, -0.2) is 49.1 Å². The van der Waals surface area contributed by atoms with Crippen LogP contribution in [0.15, 0.2) is 18.5 Å². The molecule has 1 saturated heterocycles. The Hall–Kier alpha value is -2.46. The Bertz CT molecular complexity index is 700. The first kappa shape index (κ1) is 21.8. The summed E-state index contributed by atoms with van der Waals surface area (Å²) in [6, 6.07) is 3.29. The number of nitrogens with zero attached hydrogens (tertiary/aromatic N) is 2. The number of halogens is 3. The van der Waals surface area contributed by atoms with Gasteiger partial charge < -0.3 is 32.2 Å². The lowest BCUT2D eigenvalue weighted by atomic mass is 9.96. The molecule has 1 aromatic heterocycles. The molecule has 2 heterocycles. The number of nitrogens with one attached hydrogen (secondary N) is 3. The molecule has 1 fully saturated rings. The van der Waals surface area contributed by atoms with Gasteiger partial charge in [0.15, 0.2) is 6.61 Å². The van der Waals surface area contributed by atoms with Crippen LogP contribution in [-0.2, 0) is 4.79 Å². The standard InChI is InChI=1S/C16H22F3N7O2/c17-16(18,19)8-28-11-2-4-23-7-10(11)26-15(27)12(13(21)22)14-24-5-9(1-3-20)6-25-14/h2,4,7,9,12-14,24-25H,1,5-6,8,21-22H2,(H,26,27). The van der Waals surface area contributed by atoms with Crippen molar-refractivity contribution in [1.29, 1.82) is 5.26 Å². The number of alkyl halides is 3. The second kappa shape index (κ2) is 9.65. The second-order valence-electron chi connectivity index (χ2n) is 6.39. The zero-order valence-electron chi connectivity index (χ0n) is 14.9. The first-order valence-electron chi connectivity index (χ1n) is 8.50. The minimum absolute atomic E-state index is 0.0273. The molecule has 7 N–H and O–H groups in total. The zero-order chi connectivity index (χ0) is 20.7. The third-order valence-electron chi connectivity index (χ3n) is 4.14. The van der Waals surface area contributed by atoms with Crippen LogP contribution in [0.3, 0.4) is 0 Å². The molecular weight excluding hydrogens is 379 g/mol. The first-order chi connectivity index (χ1) is 13.2. The van der Waals surface area contributed by atoms with Gasteiger partial charge in [-0.05, 0) is 5.92 Å². The van der Waals surface area contributed by atoms with Crippen molar-refractivity contribution in [3.63, 3.8) is 0 Å². The number of hydrogen-bond acceptors (Lipinski definition) is 8. The molecule has 0 radical (unpaired) electrons. The van der Waals surface area contributed by atoms with E-state index in [0.29, 0.717) is 19.5 Å². The quantitative estimate of drug-likeness (QED) is 0.396. The van der Waals surface area contributed by atoms with Crippen LogP contribution in [0.5, 0.6) is 5.75 Å². The lowest BCUT2D eigenvalue weighted by molar-refractivity contribution is -0.153. The minimum Gasteiger partial charge on any atom is -0.482 e. The highest BCUT2D eigenvalue weighted by Gasteiger charge is 2.35. The van der Waals surface area contributed by atoms with Gasteiger partial charge in [-0.25, -0.2) is 0 Å². The van der Waals surface area contributed by atoms with E-state index in [1.54, 1.807) is 0 Å². The summed E-state index contributed by atoms with van der Waals surface area (Å²) in [5.41, 5.74) is 11.5. The van der Waals surface area contributed by atoms with E-state index in [4.69, 9.17) is 21.5 Å². The maximum Gasteiger partial charge on any atom is 0.422 e. The molecule has 0 bridgehead atoms. The number of amides is 1. The predicted molar refractivity (Wildman–Crippen MR) is 93.6 cm³/mol. The van der Waals surface area contributed by atoms with Gasteiger partial charge in [0.1, 0.15) is 11.4 Å². The van der Waals surface area contributed by atoms with Gasteiger partial charge in [-0.2, -0.15) is 18.4 Å².